The Labute approximate surface area is 88.5 Å². The van der Waals surface area contributed by atoms with Crippen LogP contribution >= 0.6 is 0 Å². The molecule has 0 fully saturated rings. The highest BCUT2D eigenvalue weighted by atomic mass is 19.1. The Kier molecular flexibility index (Phi) is 6.34. The van der Waals surface area contributed by atoms with Crippen molar-refractivity contribution in [1.29, 1.82) is 0 Å². The lowest BCUT2D eigenvalue weighted by Crippen LogP contribution is -2.40. The lowest BCUT2D eigenvalue weighted by Gasteiger charge is -2.23. The Morgan fingerprint density at radius 1 is 1.29 bits per heavy atom. The maximum Gasteiger partial charge on any atom is 0.113 e. The second kappa shape index (κ2) is 6.39. The van der Waals surface area contributed by atoms with Gasteiger partial charge in [-0.3, -0.25) is 0 Å². The van der Waals surface area contributed by atoms with Gasteiger partial charge in [-0.25, -0.2) is 4.39 Å². The summed E-state index contributed by atoms with van der Waals surface area (Å²) in [6.45, 7) is 11.0. The van der Waals surface area contributed by atoms with Crippen molar-refractivity contribution in [2.45, 2.75) is 65.6 Å². The van der Waals surface area contributed by atoms with E-state index in [1.807, 2.05) is 0 Å². The zero-order chi connectivity index (χ0) is 11.2. The second-order valence-corrected chi connectivity index (χ2v) is 5.36. The molecule has 0 aromatic heterocycles. The molecule has 0 aromatic carbocycles. The van der Waals surface area contributed by atoms with E-state index in [2.05, 4.69) is 39.9 Å². The quantitative estimate of drug-likeness (QED) is 0.696. The summed E-state index contributed by atoms with van der Waals surface area (Å²) in [5, 5.41) is 3.19. The number of halogens is 1. The van der Waals surface area contributed by atoms with Crippen molar-refractivity contribution in [1.82, 2.24) is 5.32 Å². The highest BCUT2D eigenvalue weighted by Crippen LogP contribution is 2.14. The highest BCUT2D eigenvalue weighted by molar-refractivity contribution is 4.73. The van der Waals surface area contributed by atoms with E-state index in [4.69, 9.17) is 0 Å². The van der Waals surface area contributed by atoms with Crippen molar-refractivity contribution in [3.05, 3.63) is 0 Å². The molecule has 0 spiro atoms. The van der Waals surface area contributed by atoms with Crippen LogP contribution in [0.4, 0.5) is 4.39 Å². The number of hydrogen-bond donors (Lipinski definition) is 1. The van der Waals surface area contributed by atoms with Crippen LogP contribution in [0.5, 0.6) is 0 Å². The monoisotopic (exact) mass is 203 g/mol. The van der Waals surface area contributed by atoms with E-state index in [-0.39, 0.29) is 5.54 Å². The molecule has 0 aliphatic carbocycles. The Bertz CT molecular complexity index is 140. The first-order valence-electron chi connectivity index (χ1n) is 5.74. The zero-order valence-electron chi connectivity index (χ0n) is 10.4. The molecule has 0 rings (SSSR count). The van der Waals surface area contributed by atoms with Gasteiger partial charge in [-0.05, 0) is 33.1 Å². The van der Waals surface area contributed by atoms with Gasteiger partial charge in [-0.1, -0.05) is 26.7 Å². The second-order valence-electron chi connectivity index (χ2n) is 5.36. The number of rotatable bonds is 6. The molecular weight excluding hydrogens is 177 g/mol. The lowest BCUT2D eigenvalue weighted by atomic mass is 9.99. The zero-order valence-corrected chi connectivity index (χ0v) is 10.4. The predicted octanol–water partition coefficient (Wildman–Crippen LogP) is 3.54. The third kappa shape index (κ3) is 8.49. The topological polar surface area (TPSA) is 12.0 Å². The summed E-state index contributed by atoms with van der Waals surface area (Å²) in [5.74, 6) is 0.511. The minimum absolute atomic E-state index is 0.0261. The van der Waals surface area contributed by atoms with Crippen LogP contribution in [0.15, 0.2) is 0 Å². The van der Waals surface area contributed by atoms with Crippen molar-refractivity contribution in [2.75, 3.05) is 6.54 Å². The fourth-order valence-electron chi connectivity index (χ4n) is 1.55. The van der Waals surface area contributed by atoms with Crippen LogP contribution < -0.4 is 5.32 Å². The normalized spacial score (nSPS) is 16.7. The van der Waals surface area contributed by atoms with E-state index >= 15 is 0 Å². The smallest absolute Gasteiger partial charge is 0.113 e. The summed E-state index contributed by atoms with van der Waals surface area (Å²) in [4.78, 5) is 0. The van der Waals surface area contributed by atoms with Gasteiger partial charge in [0, 0.05) is 12.1 Å². The van der Waals surface area contributed by atoms with Crippen LogP contribution in [-0.2, 0) is 0 Å². The SMILES string of the molecule is CCCC(C)CC(F)CNC(C)(C)C. The van der Waals surface area contributed by atoms with Gasteiger partial charge >= 0.3 is 0 Å². The van der Waals surface area contributed by atoms with E-state index in [1.165, 1.54) is 0 Å². The maximum absolute atomic E-state index is 13.4. The van der Waals surface area contributed by atoms with Crippen molar-refractivity contribution in [3.63, 3.8) is 0 Å². The number of hydrogen-bond acceptors (Lipinski definition) is 1. The van der Waals surface area contributed by atoms with Crippen molar-refractivity contribution in [2.24, 2.45) is 5.92 Å². The summed E-state index contributed by atoms with van der Waals surface area (Å²) in [7, 11) is 0. The van der Waals surface area contributed by atoms with Crippen molar-refractivity contribution in [3.8, 4) is 0 Å². The van der Waals surface area contributed by atoms with Crippen molar-refractivity contribution >= 4 is 0 Å². The van der Waals surface area contributed by atoms with Crippen LogP contribution in [0.3, 0.4) is 0 Å². The lowest BCUT2D eigenvalue weighted by molar-refractivity contribution is 0.240. The first kappa shape index (κ1) is 13.9. The molecule has 0 aliphatic rings. The molecule has 0 bridgehead atoms. The van der Waals surface area contributed by atoms with Crippen LogP contribution in [0.2, 0.25) is 0 Å². The maximum atomic E-state index is 13.4. The average molecular weight is 203 g/mol. The largest absolute Gasteiger partial charge is 0.309 e. The fraction of sp³-hybridized carbons (Fsp3) is 1.00. The molecular formula is C12H26FN. The van der Waals surface area contributed by atoms with Gasteiger partial charge in [0.15, 0.2) is 0 Å². The Morgan fingerprint density at radius 3 is 2.29 bits per heavy atom. The molecule has 2 unspecified atom stereocenters. The Balaban J connectivity index is 3.59. The molecule has 2 heteroatoms. The number of alkyl halides is 1. The molecule has 86 valence electrons. The molecule has 0 radical (unpaired) electrons. The Hall–Kier alpha value is -0.110. The summed E-state index contributed by atoms with van der Waals surface area (Å²) in [5.41, 5.74) is 0.0261. The van der Waals surface area contributed by atoms with Crippen LogP contribution in [0.25, 0.3) is 0 Å². The molecule has 0 amide bonds. The fourth-order valence-corrected chi connectivity index (χ4v) is 1.55. The summed E-state index contributed by atoms with van der Waals surface area (Å²) in [6, 6.07) is 0. The molecule has 1 nitrogen and oxygen atoms in total. The standard InChI is InChI=1S/C12H26FN/c1-6-7-10(2)8-11(13)9-14-12(3,4)5/h10-11,14H,6-9H2,1-5H3. The summed E-state index contributed by atoms with van der Waals surface area (Å²) >= 11 is 0. The van der Waals surface area contributed by atoms with E-state index in [1.54, 1.807) is 0 Å². The van der Waals surface area contributed by atoms with Gasteiger partial charge in [0.05, 0.1) is 0 Å². The third-order valence-electron chi connectivity index (χ3n) is 2.29. The molecule has 0 aromatic rings. The van der Waals surface area contributed by atoms with Gasteiger partial charge in [-0.2, -0.15) is 0 Å². The molecule has 0 saturated carbocycles. The number of nitrogens with one attached hydrogen (secondary N) is 1. The first-order chi connectivity index (χ1) is 6.35. The van der Waals surface area contributed by atoms with Gasteiger partial charge in [0.1, 0.15) is 6.17 Å². The van der Waals surface area contributed by atoms with E-state index in [0.717, 1.165) is 12.8 Å². The van der Waals surface area contributed by atoms with Gasteiger partial charge < -0.3 is 5.32 Å². The minimum atomic E-state index is -0.698. The minimum Gasteiger partial charge on any atom is -0.309 e. The van der Waals surface area contributed by atoms with Crippen molar-refractivity contribution < 1.29 is 4.39 Å². The molecule has 0 saturated heterocycles. The molecule has 14 heavy (non-hydrogen) atoms. The Morgan fingerprint density at radius 2 is 1.86 bits per heavy atom. The highest BCUT2D eigenvalue weighted by Gasteiger charge is 2.15. The van der Waals surface area contributed by atoms with E-state index in [9.17, 15) is 4.39 Å². The summed E-state index contributed by atoms with van der Waals surface area (Å²) < 4.78 is 13.4. The van der Waals surface area contributed by atoms with Crippen LogP contribution in [-0.4, -0.2) is 18.3 Å². The average Bonchev–Trinajstić information content (AvgIpc) is 2.00. The van der Waals surface area contributed by atoms with Gasteiger partial charge in [-0.15, -0.1) is 0 Å². The van der Waals surface area contributed by atoms with Gasteiger partial charge in [0.2, 0.25) is 0 Å². The van der Waals surface area contributed by atoms with E-state index in [0.29, 0.717) is 18.9 Å². The summed E-state index contributed by atoms with van der Waals surface area (Å²) in [6.07, 6.45) is 2.28. The predicted molar refractivity (Wildman–Crippen MR) is 61.3 cm³/mol. The van der Waals surface area contributed by atoms with Crippen LogP contribution in [0.1, 0.15) is 53.9 Å². The molecule has 0 heterocycles. The first-order valence-corrected chi connectivity index (χ1v) is 5.74. The third-order valence-corrected chi connectivity index (χ3v) is 2.29. The molecule has 0 aliphatic heterocycles. The molecule has 2 atom stereocenters. The van der Waals surface area contributed by atoms with Crippen LogP contribution in [0, 0.1) is 5.92 Å². The molecule has 1 N–H and O–H groups in total. The van der Waals surface area contributed by atoms with Gasteiger partial charge in [0.25, 0.3) is 0 Å². The van der Waals surface area contributed by atoms with E-state index < -0.39 is 6.17 Å².